The Morgan fingerprint density at radius 2 is 2.27 bits per heavy atom. The van der Waals surface area contributed by atoms with E-state index in [9.17, 15) is 4.79 Å². The highest BCUT2D eigenvalue weighted by Crippen LogP contribution is 2.26. The monoisotopic (exact) mass is 330 g/mol. The van der Waals surface area contributed by atoms with E-state index in [2.05, 4.69) is 15.5 Å². The number of hydrogen-bond donors (Lipinski definition) is 1. The van der Waals surface area contributed by atoms with Crippen LogP contribution in [0.2, 0.25) is 0 Å². The first-order chi connectivity index (χ1) is 10.1. The molecule has 0 saturated carbocycles. The third-order valence-electron chi connectivity index (χ3n) is 4.21. The van der Waals surface area contributed by atoms with Crippen LogP contribution in [0.25, 0.3) is 0 Å². The lowest BCUT2D eigenvalue weighted by atomic mass is 9.96. The number of carbonyl (C=O) groups excluding carboxylic acids is 1. The molecule has 2 fully saturated rings. The van der Waals surface area contributed by atoms with Gasteiger partial charge in [-0.05, 0) is 26.7 Å². The molecule has 0 aliphatic carbocycles. The lowest BCUT2D eigenvalue weighted by Crippen LogP contribution is -2.57. The molecule has 0 bridgehead atoms. The van der Waals surface area contributed by atoms with Gasteiger partial charge in [0.25, 0.3) is 0 Å². The molecule has 1 aromatic heterocycles. The fourth-order valence-corrected chi connectivity index (χ4v) is 3.06. The van der Waals surface area contributed by atoms with E-state index < -0.39 is 0 Å². The van der Waals surface area contributed by atoms with Gasteiger partial charge in [0.1, 0.15) is 6.04 Å². The van der Waals surface area contributed by atoms with Crippen molar-refractivity contribution < 1.29 is 14.1 Å². The Morgan fingerprint density at radius 3 is 2.95 bits per heavy atom. The van der Waals surface area contributed by atoms with Crippen LogP contribution in [0.5, 0.6) is 0 Å². The lowest BCUT2D eigenvalue weighted by molar-refractivity contribution is -0.140. The van der Waals surface area contributed by atoms with E-state index in [1.807, 2.05) is 18.7 Å². The maximum atomic E-state index is 12.7. The summed E-state index contributed by atoms with van der Waals surface area (Å²) in [5, 5.41) is 7.10. The van der Waals surface area contributed by atoms with Gasteiger partial charge >= 0.3 is 0 Å². The molecule has 0 spiro atoms. The number of piperidine rings is 1. The summed E-state index contributed by atoms with van der Waals surface area (Å²) in [7, 11) is 0. The van der Waals surface area contributed by atoms with Crippen molar-refractivity contribution in [3.8, 4) is 0 Å². The summed E-state index contributed by atoms with van der Waals surface area (Å²) in [4.78, 5) is 18.9. The maximum Gasteiger partial charge on any atom is 0.242 e. The minimum atomic E-state index is -0.248. The van der Waals surface area contributed by atoms with Crippen molar-refractivity contribution >= 4 is 18.3 Å². The molecular weight excluding hydrogens is 308 g/mol. The quantitative estimate of drug-likeness (QED) is 0.867. The molecule has 1 unspecified atom stereocenters. The van der Waals surface area contributed by atoms with Gasteiger partial charge in [0.15, 0.2) is 5.82 Å². The van der Waals surface area contributed by atoms with Crippen LogP contribution in [0.4, 0.5) is 0 Å². The molecule has 3 atom stereocenters. The molecule has 2 aliphatic heterocycles. The summed E-state index contributed by atoms with van der Waals surface area (Å²) in [5.41, 5.74) is 0. The van der Waals surface area contributed by atoms with Gasteiger partial charge in [-0.25, -0.2) is 0 Å². The molecule has 2 saturated heterocycles. The number of rotatable bonds is 2. The first-order valence-corrected chi connectivity index (χ1v) is 7.59. The highest BCUT2D eigenvalue weighted by molar-refractivity contribution is 5.85. The van der Waals surface area contributed by atoms with Crippen LogP contribution < -0.4 is 5.32 Å². The molecule has 22 heavy (non-hydrogen) atoms. The number of morpholine rings is 1. The van der Waals surface area contributed by atoms with Crippen molar-refractivity contribution in [3.05, 3.63) is 11.7 Å². The second-order valence-corrected chi connectivity index (χ2v) is 5.81. The van der Waals surface area contributed by atoms with E-state index in [1.165, 1.54) is 0 Å². The van der Waals surface area contributed by atoms with Gasteiger partial charge in [-0.1, -0.05) is 5.16 Å². The third kappa shape index (κ3) is 3.59. The van der Waals surface area contributed by atoms with Crippen molar-refractivity contribution in [1.29, 1.82) is 0 Å². The van der Waals surface area contributed by atoms with Gasteiger partial charge in [-0.2, -0.15) is 4.98 Å². The van der Waals surface area contributed by atoms with Gasteiger partial charge in [0, 0.05) is 19.6 Å². The molecule has 8 heteroatoms. The average molecular weight is 331 g/mol. The average Bonchev–Trinajstić information content (AvgIpc) is 2.94. The number of ether oxygens (including phenoxy) is 1. The van der Waals surface area contributed by atoms with E-state index >= 15 is 0 Å². The first kappa shape index (κ1) is 17.2. The largest absolute Gasteiger partial charge is 0.375 e. The van der Waals surface area contributed by atoms with Crippen LogP contribution in [0.1, 0.15) is 37.4 Å². The molecule has 1 N–H and O–H groups in total. The zero-order valence-electron chi connectivity index (χ0n) is 12.9. The summed E-state index contributed by atoms with van der Waals surface area (Å²) in [6.45, 7) is 6.57. The van der Waals surface area contributed by atoms with Crippen LogP contribution in [0, 0.1) is 6.92 Å². The Hall–Kier alpha value is -1.18. The van der Waals surface area contributed by atoms with E-state index in [-0.39, 0.29) is 36.4 Å². The van der Waals surface area contributed by atoms with E-state index in [1.54, 1.807) is 0 Å². The van der Waals surface area contributed by atoms with Gasteiger partial charge in [0.05, 0.1) is 18.6 Å². The first-order valence-electron chi connectivity index (χ1n) is 7.59. The van der Waals surface area contributed by atoms with Crippen LogP contribution in [0.3, 0.4) is 0 Å². The summed E-state index contributed by atoms with van der Waals surface area (Å²) in [6.07, 6.45) is 1.85. The summed E-state index contributed by atoms with van der Waals surface area (Å²) >= 11 is 0. The molecule has 124 valence electrons. The van der Waals surface area contributed by atoms with Crippen molar-refractivity contribution in [2.75, 3.05) is 26.2 Å². The van der Waals surface area contributed by atoms with Crippen LogP contribution in [-0.4, -0.2) is 59.3 Å². The third-order valence-corrected chi connectivity index (χ3v) is 4.21. The number of halogens is 1. The summed E-state index contributed by atoms with van der Waals surface area (Å²) < 4.78 is 10.8. The molecular formula is C14H23ClN4O3. The van der Waals surface area contributed by atoms with Crippen molar-refractivity contribution in [3.63, 3.8) is 0 Å². The standard InChI is InChI=1S/C14H22N4O3.ClH/c1-9-12(15-5-7-20-9)14(19)18-6-3-4-11(8-18)13-16-10(2)17-21-13;/h9,11-12,15H,3-8H2,1-2H3;1H/t9-,11?,12+;/m1./s1. The molecule has 3 heterocycles. The number of aromatic nitrogens is 2. The minimum absolute atomic E-state index is 0. The molecule has 2 aliphatic rings. The molecule has 3 rings (SSSR count). The number of carbonyl (C=O) groups is 1. The predicted octanol–water partition coefficient (Wildman–Crippen LogP) is 0.883. The topological polar surface area (TPSA) is 80.5 Å². The Balaban J connectivity index is 0.00000176. The number of nitrogens with one attached hydrogen (secondary N) is 1. The molecule has 0 radical (unpaired) electrons. The second kappa shape index (κ2) is 7.39. The number of nitrogens with zero attached hydrogens (tertiary/aromatic N) is 3. The van der Waals surface area contributed by atoms with Crippen molar-refractivity contribution in [1.82, 2.24) is 20.4 Å². The van der Waals surface area contributed by atoms with E-state index in [0.717, 1.165) is 25.9 Å². The lowest BCUT2D eigenvalue weighted by Gasteiger charge is -2.37. The zero-order chi connectivity index (χ0) is 14.8. The van der Waals surface area contributed by atoms with E-state index in [4.69, 9.17) is 9.26 Å². The fourth-order valence-electron chi connectivity index (χ4n) is 3.06. The predicted molar refractivity (Wildman–Crippen MR) is 82.0 cm³/mol. The maximum absolute atomic E-state index is 12.7. The van der Waals surface area contributed by atoms with Gasteiger partial charge < -0.3 is 19.5 Å². The van der Waals surface area contributed by atoms with Crippen molar-refractivity contribution in [2.24, 2.45) is 0 Å². The molecule has 1 aromatic rings. The smallest absolute Gasteiger partial charge is 0.242 e. The Bertz CT molecular complexity index is 510. The fraction of sp³-hybridized carbons (Fsp3) is 0.786. The number of amides is 1. The van der Waals surface area contributed by atoms with Crippen LogP contribution in [-0.2, 0) is 9.53 Å². The number of hydrogen-bond acceptors (Lipinski definition) is 6. The highest BCUT2D eigenvalue weighted by atomic mass is 35.5. The van der Waals surface area contributed by atoms with Crippen LogP contribution >= 0.6 is 12.4 Å². The highest BCUT2D eigenvalue weighted by Gasteiger charge is 2.35. The van der Waals surface area contributed by atoms with Gasteiger partial charge in [-0.3, -0.25) is 4.79 Å². The summed E-state index contributed by atoms with van der Waals surface area (Å²) in [5.74, 6) is 1.54. The summed E-state index contributed by atoms with van der Waals surface area (Å²) in [6, 6.07) is -0.248. The Morgan fingerprint density at radius 1 is 1.45 bits per heavy atom. The Kier molecular flexibility index (Phi) is 5.77. The normalized spacial score (nSPS) is 29.0. The van der Waals surface area contributed by atoms with Gasteiger partial charge in [0.2, 0.25) is 11.8 Å². The molecule has 7 nitrogen and oxygen atoms in total. The minimum Gasteiger partial charge on any atom is -0.375 e. The Labute approximate surface area is 136 Å². The number of likely N-dealkylation sites (tertiary alicyclic amines) is 1. The SMILES string of the molecule is Cc1noc(C2CCCN(C(=O)[C@H]3NCCO[C@@H]3C)C2)n1.Cl. The van der Waals surface area contributed by atoms with Crippen LogP contribution in [0.15, 0.2) is 4.52 Å². The zero-order valence-corrected chi connectivity index (χ0v) is 13.8. The van der Waals surface area contributed by atoms with Gasteiger partial charge in [-0.15, -0.1) is 12.4 Å². The molecule has 0 aromatic carbocycles. The van der Waals surface area contributed by atoms with Crippen molar-refractivity contribution in [2.45, 2.75) is 44.8 Å². The second-order valence-electron chi connectivity index (χ2n) is 5.81. The molecule has 1 amide bonds. The number of aryl methyl sites for hydroxylation is 1. The van der Waals surface area contributed by atoms with E-state index in [0.29, 0.717) is 24.9 Å².